The Morgan fingerprint density at radius 3 is 2.69 bits per heavy atom. The first-order valence-electron chi connectivity index (χ1n) is 6.16. The molecule has 5 heteroatoms. The van der Waals surface area contributed by atoms with Gasteiger partial charge in [0, 0.05) is 19.1 Å². The van der Waals surface area contributed by atoms with Crippen molar-refractivity contribution in [1.82, 2.24) is 10.2 Å². The van der Waals surface area contributed by atoms with Crippen molar-refractivity contribution in [3.8, 4) is 0 Å². The molecule has 0 amide bonds. The minimum Gasteiger partial charge on any atom is -0.312 e. The van der Waals surface area contributed by atoms with Crippen LogP contribution < -0.4 is 5.32 Å². The van der Waals surface area contributed by atoms with Crippen LogP contribution in [0.5, 0.6) is 0 Å². The highest BCUT2D eigenvalue weighted by atomic mass is 32.2. The van der Waals surface area contributed by atoms with E-state index >= 15 is 0 Å². The summed E-state index contributed by atoms with van der Waals surface area (Å²) < 4.78 is 22.5. The Morgan fingerprint density at radius 1 is 1.38 bits per heavy atom. The van der Waals surface area contributed by atoms with Crippen molar-refractivity contribution in [3.63, 3.8) is 0 Å². The molecule has 4 nitrogen and oxygen atoms in total. The van der Waals surface area contributed by atoms with E-state index in [0.29, 0.717) is 11.5 Å². The molecule has 16 heavy (non-hydrogen) atoms. The molecule has 1 atom stereocenters. The lowest BCUT2D eigenvalue weighted by Gasteiger charge is -2.18. The minimum absolute atomic E-state index is 0.185. The summed E-state index contributed by atoms with van der Waals surface area (Å²) in [7, 11) is -0.623. The molecule has 0 aromatic carbocycles. The summed E-state index contributed by atoms with van der Waals surface area (Å²) in [5.74, 6) is 0.683. The molecule has 0 bridgehead atoms. The maximum atomic E-state index is 11.2. The van der Waals surface area contributed by atoms with Crippen molar-refractivity contribution in [3.05, 3.63) is 0 Å². The van der Waals surface area contributed by atoms with Gasteiger partial charge in [-0.25, -0.2) is 8.42 Å². The summed E-state index contributed by atoms with van der Waals surface area (Å²) >= 11 is 0. The number of hydrogen-bond acceptors (Lipinski definition) is 4. The van der Waals surface area contributed by atoms with Gasteiger partial charge in [-0.3, -0.25) is 0 Å². The standard InChI is InChI=1S/C11H24N2O2S/c1-3-4-7-13(2)8-6-12-11-5-9-16(14,15)10-11/h11-12H,3-10H2,1-2H3. The molecule has 0 aliphatic carbocycles. The van der Waals surface area contributed by atoms with Gasteiger partial charge in [0.05, 0.1) is 11.5 Å². The zero-order chi connectivity index (χ0) is 12.0. The Hall–Kier alpha value is -0.130. The summed E-state index contributed by atoms with van der Waals surface area (Å²) in [5, 5.41) is 3.32. The Morgan fingerprint density at radius 2 is 2.12 bits per heavy atom. The highest BCUT2D eigenvalue weighted by Gasteiger charge is 2.26. The summed E-state index contributed by atoms with van der Waals surface area (Å²) in [5.41, 5.74) is 0. The lowest BCUT2D eigenvalue weighted by atomic mass is 10.2. The number of nitrogens with one attached hydrogen (secondary N) is 1. The maximum absolute atomic E-state index is 11.2. The van der Waals surface area contributed by atoms with Crippen LogP contribution in [0.4, 0.5) is 0 Å². The molecule has 0 radical (unpaired) electrons. The Balaban J connectivity index is 2.08. The third-order valence-electron chi connectivity index (χ3n) is 3.05. The molecule has 1 fully saturated rings. The first-order valence-corrected chi connectivity index (χ1v) is 7.98. The molecular weight excluding hydrogens is 224 g/mol. The number of sulfone groups is 1. The molecule has 1 aliphatic heterocycles. The van der Waals surface area contributed by atoms with Crippen molar-refractivity contribution >= 4 is 9.84 Å². The average Bonchev–Trinajstić information content (AvgIpc) is 2.55. The highest BCUT2D eigenvalue weighted by Crippen LogP contribution is 2.10. The number of hydrogen-bond donors (Lipinski definition) is 1. The third-order valence-corrected chi connectivity index (χ3v) is 4.82. The van der Waals surface area contributed by atoms with Gasteiger partial charge in [-0.2, -0.15) is 0 Å². The highest BCUT2D eigenvalue weighted by molar-refractivity contribution is 7.91. The largest absolute Gasteiger partial charge is 0.312 e. The molecule has 1 N–H and O–H groups in total. The van der Waals surface area contributed by atoms with Gasteiger partial charge in [0.15, 0.2) is 9.84 Å². The number of unbranched alkanes of at least 4 members (excludes halogenated alkanes) is 1. The van der Waals surface area contributed by atoms with Crippen molar-refractivity contribution in [2.75, 3.05) is 38.2 Å². The van der Waals surface area contributed by atoms with Crippen LogP contribution in [0.15, 0.2) is 0 Å². The van der Waals surface area contributed by atoms with Gasteiger partial charge in [-0.1, -0.05) is 13.3 Å². The van der Waals surface area contributed by atoms with E-state index in [-0.39, 0.29) is 6.04 Å². The smallest absolute Gasteiger partial charge is 0.151 e. The van der Waals surface area contributed by atoms with E-state index in [0.717, 1.165) is 26.1 Å². The van der Waals surface area contributed by atoms with Crippen LogP contribution >= 0.6 is 0 Å². The average molecular weight is 248 g/mol. The summed E-state index contributed by atoms with van der Waals surface area (Å²) in [6.45, 7) is 5.20. The summed E-state index contributed by atoms with van der Waals surface area (Å²) in [6.07, 6.45) is 3.23. The molecule has 0 aromatic heterocycles. The van der Waals surface area contributed by atoms with E-state index in [4.69, 9.17) is 0 Å². The lowest BCUT2D eigenvalue weighted by Crippen LogP contribution is -2.36. The molecule has 1 rings (SSSR count). The molecule has 1 unspecified atom stereocenters. The zero-order valence-corrected chi connectivity index (χ0v) is 11.2. The second-order valence-electron chi connectivity index (χ2n) is 4.71. The second kappa shape index (κ2) is 6.57. The van der Waals surface area contributed by atoms with Crippen LogP contribution in [0.25, 0.3) is 0 Å². The number of rotatable bonds is 7. The molecule has 0 aromatic rings. The van der Waals surface area contributed by atoms with Crippen LogP contribution in [0.3, 0.4) is 0 Å². The zero-order valence-electron chi connectivity index (χ0n) is 10.4. The predicted molar refractivity (Wildman–Crippen MR) is 67.5 cm³/mol. The Kier molecular flexibility index (Phi) is 5.72. The molecular formula is C11H24N2O2S. The molecule has 1 saturated heterocycles. The number of nitrogens with zero attached hydrogens (tertiary/aromatic N) is 1. The molecule has 0 saturated carbocycles. The van der Waals surface area contributed by atoms with Crippen LogP contribution in [-0.2, 0) is 9.84 Å². The summed E-state index contributed by atoms with van der Waals surface area (Å²) in [6, 6.07) is 0.185. The monoisotopic (exact) mass is 248 g/mol. The fourth-order valence-corrected chi connectivity index (χ4v) is 3.66. The van der Waals surface area contributed by atoms with Gasteiger partial charge in [-0.05, 0) is 26.4 Å². The quantitative estimate of drug-likeness (QED) is 0.712. The van der Waals surface area contributed by atoms with Crippen molar-refractivity contribution < 1.29 is 8.42 Å². The van der Waals surface area contributed by atoms with Crippen LogP contribution in [0, 0.1) is 0 Å². The molecule has 1 heterocycles. The lowest BCUT2D eigenvalue weighted by molar-refractivity contribution is 0.320. The Labute approximate surface area is 99.3 Å². The molecule has 1 aliphatic rings. The van der Waals surface area contributed by atoms with Gasteiger partial charge in [-0.15, -0.1) is 0 Å². The molecule has 0 spiro atoms. The normalized spacial score (nSPS) is 24.1. The van der Waals surface area contributed by atoms with E-state index < -0.39 is 9.84 Å². The fraction of sp³-hybridized carbons (Fsp3) is 1.00. The van der Waals surface area contributed by atoms with Crippen molar-refractivity contribution in [2.24, 2.45) is 0 Å². The minimum atomic E-state index is -2.74. The van der Waals surface area contributed by atoms with Gasteiger partial charge < -0.3 is 10.2 Å². The predicted octanol–water partition coefficient (Wildman–Crippen LogP) is 0.495. The van der Waals surface area contributed by atoms with E-state index in [9.17, 15) is 8.42 Å². The van der Waals surface area contributed by atoms with Gasteiger partial charge in [0.1, 0.15) is 0 Å². The topological polar surface area (TPSA) is 49.4 Å². The third kappa shape index (κ3) is 5.27. The molecule has 96 valence electrons. The van der Waals surface area contributed by atoms with Gasteiger partial charge >= 0.3 is 0 Å². The van der Waals surface area contributed by atoms with E-state index in [2.05, 4.69) is 24.2 Å². The van der Waals surface area contributed by atoms with Crippen LogP contribution in [0.2, 0.25) is 0 Å². The maximum Gasteiger partial charge on any atom is 0.151 e. The van der Waals surface area contributed by atoms with Crippen LogP contribution in [0.1, 0.15) is 26.2 Å². The number of likely N-dealkylation sites (N-methyl/N-ethyl adjacent to an activating group) is 1. The first kappa shape index (κ1) is 13.9. The van der Waals surface area contributed by atoms with E-state index in [1.165, 1.54) is 12.8 Å². The SMILES string of the molecule is CCCCN(C)CCNC1CCS(=O)(=O)C1. The van der Waals surface area contributed by atoms with Gasteiger partial charge in [0.25, 0.3) is 0 Å². The second-order valence-corrected chi connectivity index (χ2v) is 6.94. The van der Waals surface area contributed by atoms with Crippen molar-refractivity contribution in [2.45, 2.75) is 32.2 Å². The Bertz CT molecular complexity index is 290. The van der Waals surface area contributed by atoms with Crippen LogP contribution in [-0.4, -0.2) is 57.5 Å². The van der Waals surface area contributed by atoms with E-state index in [1.54, 1.807) is 0 Å². The van der Waals surface area contributed by atoms with Gasteiger partial charge in [0.2, 0.25) is 0 Å². The summed E-state index contributed by atoms with van der Waals surface area (Å²) in [4.78, 5) is 2.29. The first-order chi connectivity index (χ1) is 7.53. The van der Waals surface area contributed by atoms with Crippen molar-refractivity contribution in [1.29, 1.82) is 0 Å². The fourth-order valence-electron chi connectivity index (χ4n) is 1.96. The van der Waals surface area contributed by atoms with E-state index in [1.807, 2.05) is 0 Å².